The Labute approximate surface area is 249 Å². The summed E-state index contributed by atoms with van der Waals surface area (Å²) >= 11 is 0. The molecule has 1 unspecified atom stereocenters. The molecule has 0 radical (unpaired) electrons. The third-order valence-electron chi connectivity index (χ3n) is 8.60. The van der Waals surface area contributed by atoms with E-state index in [1.54, 1.807) is 6.20 Å². The Balaban J connectivity index is 1.73. The van der Waals surface area contributed by atoms with Crippen LogP contribution in [0.4, 0.5) is 0 Å². The Morgan fingerprint density at radius 2 is 1.74 bits per heavy atom. The normalized spacial score (nSPS) is 18.0. The fraction of sp³-hybridized carbons (Fsp3) is 0.471. The Bertz CT molecular complexity index is 1410. The summed E-state index contributed by atoms with van der Waals surface area (Å²) < 4.78 is 1.96. The largest absolute Gasteiger partial charge is 0.368 e. The molecule has 4 N–H and O–H groups in total. The molecule has 1 aromatic heterocycles. The van der Waals surface area contributed by atoms with E-state index in [4.69, 9.17) is 5.73 Å². The van der Waals surface area contributed by atoms with Crippen molar-refractivity contribution in [2.75, 3.05) is 0 Å². The Kier molecular flexibility index (Phi) is 9.24. The minimum Gasteiger partial charge on any atom is -0.368 e. The van der Waals surface area contributed by atoms with Crippen molar-refractivity contribution in [3.05, 3.63) is 88.7 Å². The van der Waals surface area contributed by atoms with Gasteiger partial charge in [0, 0.05) is 0 Å². The van der Waals surface area contributed by atoms with Gasteiger partial charge in [0.05, 0.1) is 23.0 Å². The van der Waals surface area contributed by atoms with Crippen LogP contribution in [0.15, 0.2) is 60.8 Å². The second-order valence-corrected chi connectivity index (χ2v) is 12.6. The zero-order valence-electron chi connectivity index (χ0n) is 25.7. The first-order chi connectivity index (χ1) is 19.9. The fourth-order valence-electron chi connectivity index (χ4n) is 6.24. The Hall–Kier alpha value is -3.94. The number of primary amides is 1. The summed E-state index contributed by atoms with van der Waals surface area (Å²) in [5, 5.41) is 10.6. The van der Waals surface area contributed by atoms with Crippen molar-refractivity contribution in [3.63, 3.8) is 0 Å². The number of benzene rings is 2. The van der Waals surface area contributed by atoms with Crippen LogP contribution in [0.2, 0.25) is 0 Å². The van der Waals surface area contributed by atoms with Crippen LogP contribution >= 0.6 is 0 Å². The minimum absolute atomic E-state index is 0.136. The van der Waals surface area contributed by atoms with Gasteiger partial charge in [0.25, 0.3) is 11.8 Å². The van der Waals surface area contributed by atoms with Crippen molar-refractivity contribution < 1.29 is 14.4 Å². The summed E-state index contributed by atoms with van der Waals surface area (Å²) in [4.78, 5) is 40.6. The second-order valence-electron chi connectivity index (χ2n) is 12.6. The van der Waals surface area contributed by atoms with E-state index in [1.165, 1.54) is 5.56 Å². The van der Waals surface area contributed by atoms with Gasteiger partial charge in [-0.05, 0) is 74.5 Å². The van der Waals surface area contributed by atoms with Gasteiger partial charge in [-0.25, -0.2) is 0 Å². The molecule has 0 spiro atoms. The molecule has 0 bridgehead atoms. The van der Waals surface area contributed by atoms with Crippen molar-refractivity contribution in [2.24, 2.45) is 11.7 Å². The van der Waals surface area contributed by atoms with E-state index >= 15 is 0 Å². The molecular formula is C34H45N5O3. The van der Waals surface area contributed by atoms with Crippen molar-refractivity contribution in [2.45, 2.75) is 96.7 Å². The van der Waals surface area contributed by atoms with Crippen LogP contribution < -0.4 is 16.4 Å². The Morgan fingerprint density at radius 3 is 2.31 bits per heavy atom. The molecule has 224 valence electrons. The van der Waals surface area contributed by atoms with Gasteiger partial charge < -0.3 is 16.4 Å². The van der Waals surface area contributed by atoms with E-state index in [1.807, 2.05) is 67.9 Å². The highest BCUT2D eigenvalue weighted by Crippen LogP contribution is 2.40. The second kappa shape index (κ2) is 12.5. The smallest absolute Gasteiger partial charge is 0.255 e. The molecule has 1 aliphatic heterocycles. The van der Waals surface area contributed by atoms with Crippen LogP contribution in [-0.4, -0.2) is 33.5 Å². The lowest BCUT2D eigenvalue weighted by Gasteiger charge is -2.38. The van der Waals surface area contributed by atoms with Gasteiger partial charge in [-0.3, -0.25) is 19.1 Å². The number of aromatic nitrogens is 2. The lowest BCUT2D eigenvalue weighted by atomic mass is 9.79. The number of amides is 3. The quantitative estimate of drug-likeness (QED) is 0.301. The fourth-order valence-corrected chi connectivity index (χ4v) is 6.24. The monoisotopic (exact) mass is 571 g/mol. The molecule has 2 heterocycles. The van der Waals surface area contributed by atoms with Crippen LogP contribution in [0, 0.1) is 5.92 Å². The van der Waals surface area contributed by atoms with E-state index < -0.39 is 23.4 Å². The summed E-state index contributed by atoms with van der Waals surface area (Å²) in [5.74, 6) is -1.08. The third-order valence-corrected chi connectivity index (χ3v) is 8.60. The number of hydrogen-bond acceptors (Lipinski definition) is 4. The summed E-state index contributed by atoms with van der Waals surface area (Å²) in [6, 6.07) is 17.2. The molecule has 3 atom stereocenters. The van der Waals surface area contributed by atoms with Crippen molar-refractivity contribution in [1.82, 2.24) is 20.4 Å². The SMILES string of the molecule is CCc1ccc(C(CC)(NC(=O)c2cnn3c2C[C@H](c2ccccc2)CC3(C)C)C(=O)N[C@@H](CC(C)C)C(N)=O)cc1. The molecular weight excluding hydrogens is 526 g/mol. The van der Waals surface area contributed by atoms with E-state index in [-0.39, 0.29) is 29.7 Å². The van der Waals surface area contributed by atoms with Crippen molar-refractivity contribution in [3.8, 4) is 0 Å². The average Bonchev–Trinajstić information content (AvgIpc) is 3.41. The molecule has 0 aliphatic carbocycles. The first-order valence-electron chi connectivity index (χ1n) is 15.1. The van der Waals surface area contributed by atoms with E-state index in [0.717, 1.165) is 24.1 Å². The van der Waals surface area contributed by atoms with E-state index in [0.29, 0.717) is 24.0 Å². The van der Waals surface area contributed by atoms with E-state index in [9.17, 15) is 14.4 Å². The number of carbonyl (C=O) groups excluding carboxylic acids is 3. The first kappa shape index (κ1) is 31.0. The van der Waals surface area contributed by atoms with Gasteiger partial charge in [-0.2, -0.15) is 5.10 Å². The number of rotatable bonds is 11. The van der Waals surface area contributed by atoms with E-state index in [2.05, 4.69) is 48.6 Å². The predicted molar refractivity (Wildman–Crippen MR) is 165 cm³/mol. The summed E-state index contributed by atoms with van der Waals surface area (Å²) in [5.41, 5.74) is 8.25. The molecule has 0 saturated heterocycles. The van der Waals surface area contributed by atoms with Crippen LogP contribution in [-0.2, 0) is 33.5 Å². The maximum atomic E-state index is 14.2. The van der Waals surface area contributed by atoms with Gasteiger partial charge in [0.15, 0.2) is 0 Å². The maximum absolute atomic E-state index is 14.2. The standard InChI is InChI=1S/C34H45N5O3/c1-7-23-14-16-26(17-15-23)34(8-2,32(42)37-28(30(35)40)18-22(3)4)38-31(41)27-21-36-39-29(27)19-25(20-33(39,5)6)24-12-10-9-11-13-24/h9-17,21-22,25,28H,7-8,18-20H2,1-6H3,(H2,35,40)(H,37,42)(H,38,41)/t25-,28-,34?/m0/s1. The summed E-state index contributed by atoms with van der Waals surface area (Å²) in [6.07, 6.45) is 4.68. The molecule has 42 heavy (non-hydrogen) atoms. The zero-order valence-corrected chi connectivity index (χ0v) is 25.7. The van der Waals surface area contributed by atoms with Gasteiger partial charge in [-0.1, -0.05) is 82.3 Å². The summed E-state index contributed by atoms with van der Waals surface area (Å²) in [6.45, 7) is 12.1. The van der Waals surface area contributed by atoms with Gasteiger partial charge in [0.2, 0.25) is 5.91 Å². The number of hydrogen-bond donors (Lipinski definition) is 3. The third kappa shape index (κ3) is 6.27. The molecule has 8 heteroatoms. The van der Waals surface area contributed by atoms with Gasteiger partial charge in [0.1, 0.15) is 11.6 Å². The topological polar surface area (TPSA) is 119 Å². The highest BCUT2D eigenvalue weighted by molar-refractivity contribution is 6.01. The lowest BCUT2D eigenvalue weighted by molar-refractivity contribution is -0.132. The molecule has 4 rings (SSSR count). The molecule has 8 nitrogen and oxygen atoms in total. The molecule has 3 aromatic rings. The minimum atomic E-state index is -1.42. The van der Waals surface area contributed by atoms with Crippen molar-refractivity contribution >= 4 is 17.7 Å². The molecule has 1 aliphatic rings. The number of fused-ring (bicyclic) bond motifs is 1. The van der Waals surface area contributed by atoms with Crippen LogP contribution in [0.5, 0.6) is 0 Å². The highest BCUT2D eigenvalue weighted by atomic mass is 16.2. The number of nitrogens with zero attached hydrogens (tertiary/aromatic N) is 2. The number of nitrogens with two attached hydrogens (primary N) is 1. The zero-order chi connectivity index (χ0) is 30.7. The molecule has 2 aromatic carbocycles. The summed E-state index contributed by atoms with van der Waals surface area (Å²) in [7, 11) is 0. The van der Waals surface area contributed by atoms with Gasteiger partial charge in [-0.15, -0.1) is 0 Å². The molecule has 0 fully saturated rings. The maximum Gasteiger partial charge on any atom is 0.255 e. The van der Waals surface area contributed by atoms with Crippen LogP contribution in [0.25, 0.3) is 0 Å². The predicted octanol–water partition coefficient (Wildman–Crippen LogP) is 4.96. The lowest BCUT2D eigenvalue weighted by Crippen LogP contribution is -2.59. The average molecular weight is 572 g/mol. The number of nitrogens with one attached hydrogen (secondary N) is 2. The van der Waals surface area contributed by atoms with Crippen LogP contribution in [0.3, 0.4) is 0 Å². The van der Waals surface area contributed by atoms with Crippen molar-refractivity contribution in [1.29, 1.82) is 0 Å². The highest BCUT2D eigenvalue weighted by Gasteiger charge is 2.43. The van der Waals surface area contributed by atoms with Crippen LogP contribution in [0.1, 0.15) is 99.5 Å². The van der Waals surface area contributed by atoms with Gasteiger partial charge >= 0.3 is 0 Å². The number of aryl methyl sites for hydroxylation is 1. The first-order valence-corrected chi connectivity index (χ1v) is 15.1. The molecule has 3 amide bonds. The Morgan fingerprint density at radius 1 is 1.07 bits per heavy atom. The number of carbonyl (C=O) groups is 3. The molecule has 0 saturated carbocycles.